The molecule has 7 nitrogen and oxygen atoms in total. The molecule has 2 amide bonds. The molecule has 0 bridgehead atoms. The monoisotopic (exact) mass is 401 g/mol. The fraction of sp³-hybridized carbons (Fsp3) is 0.647. The highest BCUT2D eigenvalue weighted by Gasteiger charge is 2.33. The van der Waals surface area contributed by atoms with Crippen LogP contribution < -0.4 is 10.6 Å². The molecule has 0 saturated carbocycles. The van der Waals surface area contributed by atoms with Crippen LogP contribution >= 0.6 is 11.3 Å². The molecule has 9 heteroatoms. The maximum atomic E-state index is 12.7. The average molecular weight is 402 g/mol. The maximum absolute atomic E-state index is 12.7. The summed E-state index contributed by atoms with van der Waals surface area (Å²) in [7, 11) is -3.54. The molecule has 0 unspecified atom stereocenters. The zero-order valence-electron chi connectivity index (χ0n) is 15.4. The number of aryl methyl sites for hydroxylation is 1. The minimum Gasteiger partial charge on any atom is -0.354 e. The number of hydrogen-bond acceptors (Lipinski definition) is 5. The SMILES string of the molecule is Cc1ccc(S(=O)(=O)N2CCC[C@@H](C(=O)NCCNC(=O)C(C)C)C2)s1. The van der Waals surface area contributed by atoms with E-state index in [1.54, 1.807) is 26.0 Å². The van der Waals surface area contributed by atoms with E-state index in [9.17, 15) is 18.0 Å². The average Bonchev–Trinajstić information content (AvgIpc) is 3.05. The molecule has 1 fully saturated rings. The highest BCUT2D eigenvalue weighted by Crippen LogP contribution is 2.28. The van der Waals surface area contributed by atoms with Gasteiger partial charge >= 0.3 is 0 Å². The van der Waals surface area contributed by atoms with Crippen molar-refractivity contribution in [2.75, 3.05) is 26.2 Å². The van der Waals surface area contributed by atoms with E-state index in [4.69, 9.17) is 0 Å². The van der Waals surface area contributed by atoms with Crippen LogP contribution in [-0.2, 0) is 19.6 Å². The van der Waals surface area contributed by atoms with Crippen LogP contribution in [0.5, 0.6) is 0 Å². The molecule has 0 aromatic carbocycles. The quantitative estimate of drug-likeness (QED) is 0.674. The summed E-state index contributed by atoms with van der Waals surface area (Å²) in [4.78, 5) is 24.8. The van der Waals surface area contributed by atoms with E-state index in [2.05, 4.69) is 10.6 Å². The number of carbonyl (C=O) groups excluding carboxylic acids is 2. The Labute approximate surface area is 159 Å². The molecule has 2 rings (SSSR count). The van der Waals surface area contributed by atoms with Crippen LogP contribution in [0.2, 0.25) is 0 Å². The Morgan fingerprint density at radius 1 is 1.27 bits per heavy atom. The molecule has 1 aliphatic heterocycles. The van der Waals surface area contributed by atoms with Crippen molar-refractivity contribution in [1.29, 1.82) is 0 Å². The molecule has 26 heavy (non-hydrogen) atoms. The van der Waals surface area contributed by atoms with Gasteiger partial charge in [-0.05, 0) is 31.9 Å². The van der Waals surface area contributed by atoms with E-state index in [1.807, 2.05) is 6.92 Å². The van der Waals surface area contributed by atoms with Crippen LogP contribution in [0.1, 0.15) is 31.6 Å². The van der Waals surface area contributed by atoms with Gasteiger partial charge in [-0.15, -0.1) is 11.3 Å². The van der Waals surface area contributed by atoms with Crippen molar-refractivity contribution >= 4 is 33.2 Å². The number of piperidine rings is 1. The summed E-state index contributed by atoms with van der Waals surface area (Å²) in [5.74, 6) is -0.671. The summed E-state index contributed by atoms with van der Waals surface area (Å²) in [5, 5.41) is 5.53. The third kappa shape index (κ3) is 5.28. The van der Waals surface area contributed by atoms with Gasteiger partial charge in [0.25, 0.3) is 10.0 Å². The summed E-state index contributed by atoms with van der Waals surface area (Å²) in [6, 6.07) is 3.41. The van der Waals surface area contributed by atoms with Crippen LogP contribution in [0, 0.1) is 18.8 Å². The summed E-state index contributed by atoms with van der Waals surface area (Å²) >= 11 is 1.25. The third-order valence-electron chi connectivity index (χ3n) is 4.31. The molecule has 2 N–H and O–H groups in total. The summed E-state index contributed by atoms with van der Waals surface area (Å²) < 4.78 is 27.2. The van der Waals surface area contributed by atoms with Gasteiger partial charge in [-0.25, -0.2) is 8.42 Å². The normalized spacial score (nSPS) is 18.7. The number of rotatable bonds is 7. The second-order valence-corrected chi connectivity index (χ2v) is 10.3. The van der Waals surface area contributed by atoms with Crippen LogP contribution in [0.4, 0.5) is 0 Å². The van der Waals surface area contributed by atoms with Gasteiger partial charge in [0.1, 0.15) is 4.21 Å². The van der Waals surface area contributed by atoms with Gasteiger partial charge in [0.05, 0.1) is 5.92 Å². The summed E-state index contributed by atoms with van der Waals surface area (Å²) in [6.45, 7) is 6.82. The number of thiophene rings is 1. The Morgan fingerprint density at radius 3 is 2.58 bits per heavy atom. The Hall–Kier alpha value is -1.45. The van der Waals surface area contributed by atoms with Crippen molar-refractivity contribution in [2.45, 2.75) is 37.8 Å². The molecule has 0 spiro atoms. The summed E-state index contributed by atoms with van der Waals surface area (Å²) in [6.07, 6.45) is 1.32. The van der Waals surface area contributed by atoms with Crippen molar-refractivity contribution in [3.8, 4) is 0 Å². The van der Waals surface area contributed by atoms with Crippen LogP contribution in [0.25, 0.3) is 0 Å². The third-order valence-corrected chi connectivity index (χ3v) is 7.65. The van der Waals surface area contributed by atoms with Gasteiger partial charge in [0.15, 0.2) is 0 Å². The van der Waals surface area contributed by atoms with Crippen molar-refractivity contribution in [3.63, 3.8) is 0 Å². The van der Waals surface area contributed by atoms with Crippen molar-refractivity contribution < 1.29 is 18.0 Å². The molecule has 1 aromatic heterocycles. The Kier molecular flexibility index (Phi) is 7.19. The first-order valence-electron chi connectivity index (χ1n) is 8.84. The van der Waals surface area contributed by atoms with E-state index < -0.39 is 10.0 Å². The second-order valence-electron chi connectivity index (χ2n) is 6.80. The zero-order chi connectivity index (χ0) is 19.3. The van der Waals surface area contributed by atoms with Gasteiger partial charge < -0.3 is 10.6 Å². The Morgan fingerprint density at radius 2 is 1.96 bits per heavy atom. The fourth-order valence-corrected chi connectivity index (χ4v) is 5.73. The van der Waals surface area contributed by atoms with E-state index in [0.29, 0.717) is 36.7 Å². The van der Waals surface area contributed by atoms with E-state index in [1.165, 1.54) is 15.6 Å². The van der Waals surface area contributed by atoms with Crippen LogP contribution in [0.15, 0.2) is 16.3 Å². The first kappa shape index (κ1) is 20.9. The minimum atomic E-state index is -3.54. The predicted molar refractivity (Wildman–Crippen MR) is 101 cm³/mol. The molecular weight excluding hydrogens is 374 g/mol. The molecule has 1 saturated heterocycles. The number of carbonyl (C=O) groups is 2. The highest BCUT2D eigenvalue weighted by molar-refractivity contribution is 7.91. The zero-order valence-corrected chi connectivity index (χ0v) is 17.1. The molecular formula is C17H27N3O4S2. The van der Waals surface area contributed by atoms with E-state index >= 15 is 0 Å². The van der Waals surface area contributed by atoms with Crippen molar-refractivity contribution in [3.05, 3.63) is 17.0 Å². The largest absolute Gasteiger partial charge is 0.354 e. The molecule has 0 radical (unpaired) electrons. The molecule has 146 valence electrons. The standard InChI is InChI=1S/C17H27N3O4S2/c1-12(2)16(21)18-8-9-19-17(22)14-5-4-10-20(11-14)26(23,24)15-7-6-13(3)25-15/h6-7,12,14H,4-5,8-11H2,1-3H3,(H,18,21)(H,19,22)/t14-/m1/s1. The topological polar surface area (TPSA) is 95.6 Å². The Bertz CT molecular complexity index is 743. The van der Waals surface area contributed by atoms with Crippen LogP contribution in [-0.4, -0.2) is 50.7 Å². The van der Waals surface area contributed by atoms with E-state index in [0.717, 1.165) is 4.88 Å². The number of sulfonamides is 1. The number of nitrogens with one attached hydrogen (secondary N) is 2. The number of hydrogen-bond donors (Lipinski definition) is 2. The van der Waals surface area contributed by atoms with Gasteiger partial charge in [-0.3, -0.25) is 9.59 Å². The van der Waals surface area contributed by atoms with Gasteiger partial charge in [0, 0.05) is 37.0 Å². The lowest BCUT2D eigenvalue weighted by molar-refractivity contribution is -0.127. The molecule has 1 aromatic rings. The first-order valence-corrected chi connectivity index (χ1v) is 11.1. The second kappa shape index (κ2) is 8.96. The number of nitrogens with zero attached hydrogens (tertiary/aromatic N) is 1. The molecule has 1 atom stereocenters. The lowest BCUT2D eigenvalue weighted by atomic mass is 9.99. The minimum absolute atomic E-state index is 0.0552. The molecule has 1 aliphatic rings. The van der Waals surface area contributed by atoms with E-state index in [-0.39, 0.29) is 30.2 Å². The van der Waals surface area contributed by atoms with Gasteiger partial charge in [-0.2, -0.15) is 4.31 Å². The summed E-state index contributed by atoms with van der Waals surface area (Å²) in [5.41, 5.74) is 0. The van der Waals surface area contributed by atoms with Crippen molar-refractivity contribution in [2.24, 2.45) is 11.8 Å². The fourth-order valence-electron chi connectivity index (χ4n) is 2.77. The highest BCUT2D eigenvalue weighted by atomic mass is 32.2. The van der Waals surface area contributed by atoms with Crippen molar-refractivity contribution in [1.82, 2.24) is 14.9 Å². The van der Waals surface area contributed by atoms with Gasteiger partial charge in [-0.1, -0.05) is 13.8 Å². The predicted octanol–water partition coefficient (Wildman–Crippen LogP) is 1.35. The molecule has 0 aliphatic carbocycles. The molecule has 2 heterocycles. The lowest BCUT2D eigenvalue weighted by Gasteiger charge is -2.30. The number of amides is 2. The lowest BCUT2D eigenvalue weighted by Crippen LogP contribution is -2.46. The Balaban J connectivity index is 1.87. The maximum Gasteiger partial charge on any atom is 0.252 e. The first-order chi connectivity index (χ1) is 12.2. The van der Waals surface area contributed by atoms with Crippen LogP contribution in [0.3, 0.4) is 0 Å². The smallest absolute Gasteiger partial charge is 0.252 e. The van der Waals surface area contributed by atoms with Gasteiger partial charge in [0.2, 0.25) is 11.8 Å².